The van der Waals surface area contributed by atoms with Gasteiger partial charge in [-0.25, -0.2) is 3.63 Å². The van der Waals surface area contributed by atoms with Crippen molar-refractivity contribution in [2.45, 2.75) is 48.8 Å². The zero-order chi connectivity index (χ0) is 21.4. The Bertz CT molecular complexity index is 1010. The third-order valence-electron chi connectivity index (χ3n) is 5.34. The Morgan fingerprint density at radius 3 is 2.33 bits per heavy atom. The van der Waals surface area contributed by atoms with Gasteiger partial charge in [0.25, 0.3) is 0 Å². The van der Waals surface area contributed by atoms with Crippen molar-refractivity contribution in [1.29, 1.82) is 0 Å². The lowest BCUT2D eigenvalue weighted by Gasteiger charge is -2.35. The van der Waals surface area contributed by atoms with Crippen LogP contribution < -0.4 is 4.74 Å². The lowest BCUT2D eigenvalue weighted by atomic mass is 10.1. The van der Waals surface area contributed by atoms with Gasteiger partial charge in [-0.05, 0) is 43.2 Å². The van der Waals surface area contributed by atoms with Crippen LogP contribution in [0.4, 0.5) is 13.2 Å². The number of hydrogen-bond acceptors (Lipinski definition) is 5. The van der Waals surface area contributed by atoms with Gasteiger partial charge >= 0.3 is 15.6 Å². The van der Waals surface area contributed by atoms with Gasteiger partial charge in [-0.2, -0.15) is 21.6 Å². The quantitative estimate of drug-likeness (QED) is 0.548. The molecule has 5 nitrogen and oxygen atoms in total. The van der Waals surface area contributed by atoms with Crippen LogP contribution in [0.2, 0.25) is 0 Å². The highest BCUT2D eigenvalue weighted by Gasteiger charge is 2.52. The standard InChI is InChI=1S/C20H23F3O5S2/c21-20(22,23)30(24,25)28-29(13-3-4-14-29)18-10-6-7-15-16(18)8-5-9-17(15)27-19-11-1-2-12-26-19/h5-10,19H,1-4,11-14H2. The van der Waals surface area contributed by atoms with E-state index in [1.165, 1.54) is 0 Å². The van der Waals surface area contributed by atoms with Crippen molar-refractivity contribution < 1.29 is 34.7 Å². The summed E-state index contributed by atoms with van der Waals surface area (Å²) in [6.45, 7) is 0.622. The van der Waals surface area contributed by atoms with E-state index in [1.54, 1.807) is 30.3 Å². The van der Waals surface area contributed by atoms with Crippen LogP contribution in [0.25, 0.3) is 10.8 Å². The topological polar surface area (TPSA) is 61.8 Å². The van der Waals surface area contributed by atoms with E-state index in [2.05, 4.69) is 0 Å². The van der Waals surface area contributed by atoms with Crippen LogP contribution in [0.1, 0.15) is 32.1 Å². The number of benzene rings is 2. The van der Waals surface area contributed by atoms with Crippen molar-refractivity contribution in [2.24, 2.45) is 0 Å². The highest BCUT2D eigenvalue weighted by molar-refractivity contribution is 8.33. The van der Waals surface area contributed by atoms with Gasteiger partial charge in [-0.15, -0.1) is 0 Å². The molecule has 0 aliphatic carbocycles. The molecular weight excluding hydrogens is 441 g/mol. The zero-order valence-corrected chi connectivity index (χ0v) is 17.8. The second-order valence-electron chi connectivity index (χ2n) is 7.42. The predicted molar refractivity (Wildman–Crippen MR) is 109 cm³/mol. The highest BCUT2D eigenvalue weighted by Crippen LogP contribution is 2.65. The maximum Gasteiger partial charge on any atom is 0.523 e. The van der Waals surface area contributed by atoms with Gasteiger partial charge in [0, 0.05) is 28.2 Å². The Morgan fingerprint density at radius 2 is 1.67 bits per heavy atom. The van der Waals surface area contributed by atoms with Crippen LogP contribution in [0.3, 0.4) is 0 Å². The molecule has 4 rings (SSSR count). The summed E-state index contributed by atoms with van der Waals surface area (Å²) in [5.74, 6) is 1.11. The molecule has 0 bridgehead atoms. The maximum atomic E-state index is 13.1. The van der Waals surface area contributed by atoms with Gasteiger partial charge in [0.05, 0.1) is 6.61 Å². The van der Waals surface area contributed by atoms with Crippen LogP contribution in [0.15, 0.2) is 41.3 Å². The van der Waals surface area contributed by atoms with Crippen LogP contribution >= 0.6 is 10.3 Å². The summed E-state index contributed by atoms with van der Waals surface area (Å²) in [6, 6.07) is 10.5. The van der Waals surface area contributed by atoms with Crippen molar-refractivity contribution in [3.05, 3.63) is 36.4 Å². The molecule has 2 aliphatic heterocycles. The average Bonchev–Trinajstić information content (AvgIpc) is 3.16. The van der Waals surface area contributed by atoms with Gasteiger partial charge in [-0.3, -0.25) is 0 Å². The molecule has 2 fully saturated rings. The number of halogens is 3. The van der Waals surface area contributed by atoms with Crippen LogP contribution in [0.5, 0.6) is 5.75 Å². The number of rotatable bonds is 5. The molecule has 2 aromatic rings. The Hall–Kier alpha value is -1.49. The van der Waals surface area contributed by atoms with Gasteiger partial charge in [0.15, 0.2) is 6.29 Å². The van der Waals surface area contributed by atoms with Gasteiger partial charge in [0.2, 0.25) is 0 Å². The maximum absolute atomic E-state index is 13.1. The van der Waals surface area contributed by atoms with Gasteiger partial charge in [-0.1, -0.05) is 34.6 Å². The van der Waals surface area contributed by atoms with E-state index in [4.69, 9.17) is 13.1 Å². The Balaban J connectivity index is 1.76. The molecule has 2 saturated heterocycles. The summed E-state index contributed by atoms with van der Waals surface area (Å²) in [5, 5.41) is 1.36. The summed E-state index contributed by atoms with van der Waals surface area (Å²) >= 11 is 0. The predicted octanol–water partition coefficient (Wildman–Crippen LogP) is 5.48. The summed E-state index contributed by atoms with van der Waals surface area (Å²) in [5.41, 5.74) is -5.45. The van der Waals surface area contributed by atoms with E-state index in [-0.39, 0.29) is 17.8 Å². The minimum atomic E-state index is -5.70. The highest BCUT2D eigenvalue weighted by atomic mass is 32.3. The van der Waals surface area contributed by atoms with E-state index in [0.717, 1.165) is 19.3 Å². The number of ether oxygens (including phenoxy) is 2. The zero-order valence-electron chi connectivity index (χ0n) is 16.2. The lowest BCUT2D eigenvalue weighted by Crippen LogP contribution is -2.27. The average molecular weight is 465 g/mol. The smallest absolute Gasteiger partial charge is 0.464 e. The fourth-order valence-corrected chi connectivity index (χ4v) is 9.34. The largest absolute Gasteiger partial charge is 0.523 e. The lowest BCUT2D eigenvalue weighted by molar-refractivity contribution is -0.105. The van der Waals surface area contributed by atoms with E-state index in [0.29, 0.717) is 40.9 Å². The molecule has 2 aromatic carbocycles. The molecule has 10 heteroatoms. The van der Waals surface area contributed by atoms with Gasteiger partial charge in [0.1, 0.15) is 5.75 Å². The third-order valence-corrected chi connectivity index (χ3v) is 10.7. The van der Waals surface area contributed by atoms with Crippen molar-refractivity contribution in [3.8, 4) is 5.75 Å². The fourth-order valence-electron chi connectivity index (χ4n) is 3.93. The molecule has 30 heavy (non-hydrogen) atoms. The molecule has 0 N–H and O–H groups in total. The minimum absolute atomic E-state index is 0.276. The number of alkyl halides is 3. The van der Waals surface area contributed by atoms with E-state index >= 15 is 0 Å². The molecular formula is C20H23F3O5S2. The van der Waals surface area contributed by atoms with Crippen molar-refractivity contribution in [3.63, 3.8) is 0 Å². The van der Waals surface area contributed by atoms with E-state index in [9.17, 15) is 21.6 Å². The van der Waals surface area contributed by atoms with E-state index in [1.807, 2.05) is 6.07 Å². The van der Waals surface area contributed by atoms with E-state index < -0.39 is 25.9 Å². The summed E-state index contributed by atoms with van der Waals surface area (Å²) in [4.78, 5) is 0.514. The second kappa shape index (κ2) is 8.22. The van der Waals surface area contributed by atoms with Crippen LogP contribution in [0, 0.1) is 0 Å². The molecule has 1 unspecified atom stereocenters. The summed E-state index contributed by atoms with van der Waals surface area (Å²) < 4.78 is 79.7. The van der Waals surface area contributed by atoms with Crippen molar-refractivity contribution >= 4 is 31.2 Å². The number of fused-ring (bicyclic) bond motifs is 1. The third kappa shape index (κ3) is 4.15. The van der Waals surface area contributed by atoms with Crippen molar-refractivity contribution in [1.82, 2.24) is 0 Å². The van der Waals surface area contributed by atoms with Crippen LogP contribution in [-0.4, -0.2) is 38.3 Å². The summed E-state index contributed by atoms with van der Waals surface area (Å²) in [6.07, 6.45) is 3.60. The number of hydrogen-bond donors (Lipinski definition) is 0. The first kappa shape index (κ1) is 21.7. The molecule has 2 aliphatic rings. The first-order valence-corrected chi connectivity index (χ1v) is 13.1. The summed E-state index contributed by atoms with van der Waals surface area (Å²) in [7, 11) is -8.36. The van der Waals surface area contributed by atoms with Crippen LogP contribution in [-0.2, 0) is 18.5 Å². The first-order valence-electron chi connectivity index (χ1n) is 9.83. The molecule has 0 spiro atoms. The molecule has 1 atom stereocenters. The molecule has 2 heterocycles. The normalized spacial score (nSPS) is 23.4. The molecule has 166 valence electrons. The van der Waals surface area contributed by atoms with Gasteiger partial charge < -0.3 is 9.47 Å². The Labute approximate surface area is 175 Å². The Kier molecular flexibility index (Phi) is 5.95. The minimum Gasteiger partial charge on any atom is -0.464 e. The first-order chi connectivity index (χ1) is 14.2. The molecule has 0 saturated carbocycles. The fraction of sp³-hybridized carbons (Fsp3) is 0.500. The second-order valence-corrected chi connectivity index (χ2v) is 12.2. The SMILES string of the molecule is O=S(=O)(OS1(c2cccc3c(OC4CCCCO4)cccc23)CCCC1)C(F)(F)F. The molecule has 0 aromatic heterocycles. The monoisotopic (exact) mass is 464 g/mol. The van der Waals surface area contributed by atoms with Crippen molar-refractivity contribution in [2.75, 3.05) is 18.1 Å². The molecule has 0 radical (unpaired) electrons. The Morgan fingerprint density at radius 1 is 0.967 bits per heavy atom. The molecule has 0 amide bonds.